The molecule has 2 aliphatic carbocycles. The van der Waals surface area contributed by atoms with E-state index in [-0.39, 0.29) is 12.8 Å². The Morgan fingerprint density at radius 1 is 1.07 bits per heavy atom. The summed E-state index contributed by atoms with van der Waals surface area (Å²) in [6.45, 7) is 15.3. The summed E-state index contributed by atoms with van der Waals surface area (Å²) in [6.07, 6.45) is 0.948. The molecule has 0 unspecified atom stereocenters. The number of hydrogen-bond donors (Lipinski definition) is 1. The van der Waals surface area contributed by atoms with Crippen LogP contribution in [0.25, 0.3) is 0 Å². The van der Waals surface area contributed by atoms with Gasteiger partial charge >= 0.3 is 23.9 Å². The third-order valence-electron chi connectivity index (χ3n) is 8.70. The van der Waals surface area contributed by atoms with E-state index in [1.165, 1.54) is 20.8 Å². The number of aliphatic hydroxyl groups is 1. The topological polar surface area (TPSA) is 135 Å². The minimum absolute atomic E-state index is 0.162. The van der Waals surface area contributed by atoms with Crippen LogP contribution in [0.15, 0.2) is 36.0 Å². The first-order valence-corrected chi connectivity index (χ1v) is 13.8. The van der Waals surface area contributed by atoms with Crippen LogP contribution >= 0.6 is 0 Å². The highest BCUT2D eigenvalue weighted by Gasteiger charge is 2.74. The molecule has 3 rings (SSSR count). The molecule has 0 aromatic heterocycles. The molecule has 0 bridgehead atoms. The minimum atomic E-state index is -1.48. The third kappa shape index (κ3) is 5.74. The highest BCUT2D eigenvalue weighted by Crippen LogP contribution is 2.67. The van der Waals surface area contributed by atoms with Crippen molar-refractivity contribution in [2.75, 3.05) is 0 Å². The van der Waals surface area contributed by atoms with E-state index in [0.717, 1.165) is 5.57 Å². The molecule has 0 amide bonds. The molecular weight excluding hydrogens is 520 g/mol. The van der Waals surface area contributed by atoms with E-state index in [1.807, 2.05) is 33.8 Å². The van der Waals surface area contributed by atoms with Gasteiger partial charge in [0.15, 0.2) is 0 Å². The summed E-state index contributed by atoms with van der Waals surface area (Å²) in [5.74, 6) is -3.23. The van der Waals surface area contributed by atoms with Gasteiger partial charge in [-0.2, -0.15) is 0 Å². The Bertz CT molecular complexity index is 1090. The summed E-state index contributed by atoms with van der Waals surface area (Å²) in [5.41, 5.74) is -0.960. The average molecular weight is 563 g/mol. The zero-order chi connectivity index (χ0) is 30.0. The monoisotopic (exact) mass is 562 g/mol. The standard InChI is InChI=1S/C30H42O10/c1-9-11-24(34)39-25-17(4)29(8,13-12-16(3)10-2)23-15-21(36-18(5)31)14-22-27(37-19(6)32)40-28(38-20(7)33)30(22,23)26(25)35/h10,12,14,17,21,23,25-28,35H,2,9,11,13,15H2,1,3-8H3/b16-12-/t17-,21+,23+,25-,26+,27+,28-,29-,30-/m1/s1. The van der Waals surface area contributed by atoms with Gasteiger partial charge in [0.25, 0.3) is 0 Å². The fourth-order valence-corrected chi connectivity index (χ4v) is 6.68. The SMILES string of the molecule is C=C/C(C)=C\C[C@]1(C)[C@H](C)[C@@H](OC(=O)CCC)[C@H](O)[C@@]23C(=C[C@H](OC(C)=O)C[C@@H]12)[C@@H](OC(C)=O)O[C@H]3OC(C)=O. The second-order valence-corrected chi connectivity index (χ2v) is 11.3. The lowest BCUT2D eigenvalue weighted by molar-refractivity contribution is -0.276. The van der Waals surface area contributed by atoms with Crippen LogP contribution < -0.4 is 0 Å². The van der Waals surface area contributed by atoms with Crippen molar-refractivity contribution in [2.24, 2.45) is 22.7 Å². The average Bonchev–Trinajstić information content (AvgIpc) is 3.15. The molecule has 0 aromatic rings. The molecule has 1 N–H and O–H groups in total. The number of allylic oxidation sites excluding steroid dienone is 3. The van der Waals surface area contributed by atoms with Crippen molar-refractivity contribution in [1.29, 1.82) is 0 Å². The van der Waals surface area contributed by atoms with Gasteiger partial charge in [0.05, 0.1) is 5.41 Å². The van der Waals surface area contributed by atoms with E-state index in [0.29, 0.717) is 18.4 Å². The lowest BCUT2D eigenvalue weighted by Crippen LogP contribution is -2.68. The normalized spacial score (nSPS) is 36.9. The Kier molecular flexibility index (Phi) is 9.67. The first-order valence-electron chi connectivity index (χ1n) is 13.8. The number of esters is 4. The van der Waals surface area contributed by atoms with Crippen LogP contribution in [0.4, 0.5) is 0 Å². The zero-order valence-electron chi connectivity index (χ0n) is 24.4. The molecule has 1 aliphatic heterocycles. The van der Waals surface area contributed by atoms with Gasteiger partial charge in [-0.15, -0.1) is 0 Å². The third-order valence-corrected chi connectivity index (χ3v) is 8.70. The van der Waals surface area contributed by atoms with Crippen LogP contribution in [0.1, 0.15) is 74.1 Å². The van der Waals surface area contributed by atoms with Crippen molar-refractivity contribution in [2.45, 2.75) is 105 Å². The Hall–Kier alpha value is -2.98. The van der Waals surface area contributed by atoms with Gasteiger partial charge in [-0.1, -0.05) is 45.1 Å². The van der Waals surface area contributed by atoms with Crippen molar-refractivity contribution in [3.63, 3.8) is 0 Å². The molecule has 9 atom stereocenters. The number of ether oxygens (including phenoxy) is 5. The van der Waals surface area contributed by atoms with Crippen molar-refractivity contribution < 1.29 is 48.0 Å². The summed E-state index contributed by atoms with van der Waals surface area (Å²) in [4.78, 5) is 49.3. The molecular formula is C30H42O10. The summed E-state index contributed by atoms with van der Waals surface area (Å²) >= 11 is 0. The summed E-state index contributed by atoms with van der Waals surface area (Å²) < 4.78 is 28.8. The highest BCUT2D eigenvalue weighted by atomic mass is 16.8. The second-order valence-electron chi connectivity index (χ2n) is 11.3. The molecule has 10 heteroatoms. The van der Waals surface area contributed by atoms with Gasteiger partial charge in [-0.3, -0.25) is 23.9 Å². The van der Waals surface area contributed by atoms with E-state index in [9.17, 15) is 24.3 Å². The fraction of sp³-hybridized carbons (Fsp3) is 0.667. The maximum absolute atomic E-state index is 12.8. The number of aliphatic hydroxyl groups excluding tert-OH is 1. The Morgan fingerprint density at radius 3 is 2.25 bits per heavy atom. The van der Waals surface area contributed by atoms with Gasteiger partial charge in [0.2, 0.25) is 12.6 Å². The molecule has 0 aromatic carbocycles. The summed E-state index contributed by atoms with van der Waals surface area (Å²) in [5, 5.41) is 12.2. The fourth-order valence-electron chi connectivity index (χ4n) is 6.68. The molecule has 1 heterocycles. The van der Waals surface area contributed by atoms with Crippen LogP contribution in [-0.2, 0) is 42.9 Å². The van der Waals surface area contributed by atoms with Crippen molar-refractivity contribution in [1.82, 2.24) is 0 Å². The second kappa shape index (κ2) is 12.3. The van der Waals surface area contributed by atoms with Crippen molar-refractivity contribution in [3.8, 4) is 0 Å². The van der Waals surface area contributed by atoms with Crippen LogP contribution in [0.5, 0.6) is 0 Å². The van der Waals surface area contributed by atoms with Crippen LogP contribution in [0.3, 0.4) is 0 Å². The molecule has 1 saturated heterocycles. The Labute approximate surface area is 235 Å². The summed E-state index contributed by atoms with van der Waals surface area (Å²) in [7, 11) is 0. The first-order chi connectivity index (χ1) is 18.7. The largest absolute Gasteiger partial charge is 0.459 e. The summed E-state index contributed by atoms with van der Waals surface area (Å²) in [6, 6.07) is 0. The maximum atomic E-state index is 12.8. The van der Waals surface area contributed by atoms with Crippen LogP contribution in [-0.4, -0.2) is 59.9 Å². The molecule has 3 aliphatic rings. The van der Waals surface area contributed by atoms with Gasteiger partial charge in [-0.05, 0) is 43.6 Å². The van der Waals surface area contributed by atoms with E-state index in [1.54, 1.807) is 12.2 Å². The molecule has 10 nitrogen and oxygen atoms in total. The Morgan fingerprint density at radius 2 is 1.70 bits per heavy atom. The van der Waals surface area contributed by atoms with E-state index in [4.69, 9.17) is 23.7 Å². The van der Waals surface area contributed by atoms with Crippen LogP contribution in [0.2, 0.25) is 0 Å². The molecule has 2 fully saturated rings. The highest BCUT2D eigenvalue weighted by molar-refractivity contribution is 5.70. The van der Waals surface area contributed by atoms with E-state index >= 15 is 0 Å². The Balaban J connectivity index is 2.33. The van der Waals surface area contributed by atoms with Crippen molar-refractivity contribution >= 4 is 23.9 Å². The lowest BCUT2D eigenvalue weighted by atomic mass is 9.44. The maximum Gasteiger partial charge on any atom is 0.306 e. The van der Waals surface area contributed by atoms with E-state index in [2.05, 4.69) is 6.58 Å². The smallest absolute Gasteiger partial charge is 0.306 e. The molecule has 40 heavy (non-hydrogen) atoms. The number of rotatable bonds is 9. The zero-order valence-corrected chi connectivity index (χ0v) is 24.4. The number of carbonyl (C=O) groups is 4. The van der Waals surface area contributed by atoms with Gasteiger partial charge in [0.1, 0.15) is 18.3 Å². The number of carbonyl (C=O) groups excluding carboxylic acids is 4. The van der Waals surface area contributed by atoms with Crippen LogP contribution in [0, 0.1) is 22.7 Å². The quantitative estimate of drug-likeness (QED) is 0.191. The lowest BCUT2D eigenvalue weighted by Gasteiger charge is -2.62. The molecule has 1 spiro atoms. The molecule has 222 valence electrons. The van der Waals surface area contributed by atoms with Crippen molar-refractivity contribution in [3.05, 3.63) is 36.0 Å². The minimum Gasteiger partial charge on any atom is -0.459 e. The predicted molar refractivity (Wildman–Crippen MR) is 143 cm³/mol. The first kappa shape index (κ1) is 31.5. The van der Waals surface area contributed by atoms with Gasteiger partial charge < -0.3 is 24.1 Å². The van der Waals surface area contributed by atoms with Gasteiger partial charge in [0, 0.05) is 38.7 Å². The van der Waals surface area contributed by atoms with Gasteiger partial charge in [-0.25, -0.2) is 0 Å². The number of hydrogen-bond acceptors (Lipinski definition) is 10. The molecule has 1 saturated carbocycles. The molecule has 0 radical (unpaired) electrons. The predicted octanol–water partition coefficient (Wildman–Crippen LogP) is 3.91. The van der Waals surface area contributed by atoms with E-state index < -0.39 is 77.4 Å².